The molecule has 3 aromatic rings. The first-order valence-electron chi connectivity index (χ1n) is 9.35. The molecule has 0 fully saturated rings. The molecule has 6 nitrogen and oxygen atoms in total. The van der Waals surface area contributed by atoms with Crippen LogP contribution in [0.1, 0.15) is 40.0 Å². The third-order valence-corrected chi connectivity index (χ3v) is 5.47. The van der Waals surface area contributed by atoms with Crippen molar-refractivity contribution in [3.8, 4) is 5.75 Å². The maximum atomic E-state index is 15.0. The van der Waals surface area contributed by atoms with E-state index < -0.39 is 17.2 Å². The van der Waals surface area contributed by atoms with E-state index >= 15 is 0 Å². The van der Waals surface area contributed by atoms with Gasteiger partial charge in [-0.3, -0.25) is 4.79 Å². The highest BCUT2D eigenvalue weighted by molar-refractivity contribution is 5.95. The van der Waals surface area contributed by atoms with Gasteiger partial charge in [0.15, 0.2) is 5.75 Å². The van der Waals surface area contributed by atoms with Crippen LogP contribution in [0.25, 0.3) is 10.9 Å². The van der Waals surface area contributed by atoms with E-state index in [4.69, 9.17) is 4.74 Å². The van der Waals surface area contributed by atoms with Crippen LogP contribution in [0.4, 0.5) is 10.1 Å². The predicted octanol–water partition coefficient (Wildman–Crippen LogP) is 4.02. The van der Waals surface area contributed by atoms with Crippen LogP contribution in [0, 0.1) is 19.7 Å². The molecule has 0 unspecified atom stereocenters. The Kier molecular flexibility index (Phi) is 4.53. The number of pyridine rings is 1. The standard InChI is InChI=1S/C22H21FN2O4/c1-11-4-5-14(6-12(11)2)24-8-16-18(23)7-15-19-21(16)29-10-13(3)25(19)9-17(20(15)26)22(27)28/h4-7,9,13,24H,8,10H2,1-3H3,(H,27,28)/t13-/m0/s1. The molecule has 0 amide bonds. The fourth-order valence-corrected chi connectivity index (χ4v) is 3.64. The van der Waals surface area contributed by atoms with E-state index in [1.165, 1.54) is 6.20 Å². The van der Waals surface area contributed by atoms with Gasteiger partial charge in [0.25, 0.3) is 0 Å². The molecule has 150 valence electrons. The number of hydrogen-bond acceptors (Lipinski definition) is 4. The summed E-state index contributed by atoms with van der Waals surface area (Å²) in [5.74, 6) is -1.66. The third kappa shape index (κ3) is 3.12. The predicted molar refractivity (Wildman–Crippen MR) is 109 cm³/mol. The molecule has 1 aliphatic rings. The number of carbonyl (C=O) groups is 1. The second kappa shape index (κ2) is 6.92. The largest absolute Gasteiger partial charge is 0.489 e. The number of rotatable bonds is 4. The van der Waals surface area contributed by atoms with Crippen molar-refractivity contribution in [3.63, 3.8) is 0 Å². The molecular formula is C22H21FN2O4. The molecule has 1 atom stereocenters. The van der Waals surface area contributed by atoms with Gasteiger partial charge in [-0.1, -0.05) is 6.07 Å². The molecule has 29 heavy (non-hydrogen) atoms. The number of carboxylic acids is 1. The Labute approximate surface area is 166 Å². The molecule has 0 aliphatic carbocycles. The number of anilines is 1. The normalized spacial score (nSPS) is 15.2. The van der Waals surface area contributed by atoms with Gasteiger partial charge in [-0.05, 0) is 50.1 Å². The second-order valence-corrected chi connectivity index (χ2v) is 7.46. The molecule has 2 aromatic carbocycles. The molecule has 4 rings (SSSR count). The summed E-state index contributed by atoms with van der Waals surface area (Å²) in [7, 11) is 0. The minimum absolute atomic E-state index is 0.0129. The Bertz CT molecular complexity index is 1220. The van der Waals surface area contributed by atoms with Gasteiger partial charge < -0.3 is 19.7 Å². The highest BCUT2D eigenvalue weighted by Gasteiger charge is 2.27. The van der Waals surface area contributed by atoms with Gasteiger partial charge in [-0.2, -0.15) is 0 Å². The van der Waals surface area contributed by atoms with Gasteiger partial charge >= 0.3 is 5.97 Å². The van der Waals surface area contributed by atoms with Gasteiger partial charge in [0.2, 0.25) is 5.43 Å². The number of carboxylic acid groups (broad SMARTS) is 1. The summed E-state index contributed by atoms with van der Waals surface area (Å²) in [6.45, 7) is 6.30. The molecule has 1 aromatic heterocycles. The monoisotopic (exact) mass is 396 g/mol. The number of aromatic carboxylic acids is 1. The highest BCUT2D eigenvalue weighted by atomic mass is 19.1. The van der Waals surface area contributed by atoms with Crippen molar-refractivity contribution in [1.82, 2.24) is 4.57 Å². The molecule has 7 heteroatoms. The minimum atomic E-state index is -1.33. The quantitative estimate of drug-likeness (QED) is 0.696. The first kappa shape index (κ1) is 19.0. The van der Waals surface area contributed by atoms with E-state index in [1.807, 2.05) is 39.0 Å². The number of halogens is 1. The van der Waals surface area contributed by atoms with Crippen LogP contribution in [0.5, 0.6) is 5.75 Å². The Morgan fingerprint density at radius 1 is 1.31 bits per heavy atom. The van der Waals surface area contributed by atoms with Crippen LogP contribution in [-0.2, 0) is 6.54 Å². The lowest BCUT2D eigenvalue weighted by atomic mass is 10.0. The zero-order valence-electron chi connectivity index (χ0n) is 16.4. The molecular weight excluding hydrogens is 375 g/mol. The average molecular weight is 396 g/mol. The number of benzene rings is 2. The Morgan fingerprint density at radius 2 is 2.07 bits per heavy atom. The number of hydrogen-bond donors (Lipinski definition) is 2. The summed E-state index contributed by atoms with van der Waals surface area (Å²) in [6, 6.07) is 6.82. The Morgan fingerprint density at radius 3 is 2.76 bits per heavy atom. The van der Waals surface area contributed by atoms with Gasteiger partial charge in [0, 0.05) is 18.4 Å². The van der Waals surface area contributed by atoms with E-state index in [-0.39, 0.29) is 35.9 Å². The van der Waals surface area contributed by atoms with E-state index in [1.54, 1.807) is 4.57 Å². The summed E-state index contributed by atoms with van der Waals surface area (Å²) >= 11 is 0. The number of nitrogens with zero attached hydrogens (tertiary/aromatic N) is 1. The molecule has 0 bridgehead atoms. The molecule has 2 N–H and O–H groups in total. The molecule has 0 radical (unpaired) electrons. The highest BCUT2D eigenvalue weighted by Crippen LogP contribution is 2.36. The van der Waals surface area contributed by atoms with Crippen molar-refractivity contribution in [1.29, 1.82) is 0 Å². The molecule has 2 heterocycles. The van der Waals surface area contributed by atoms with E-state index in [0.29, 0.717) is 11.1 Å². The second-order valence-electron chi connectivity index (χ2n) is 7.46. The van der Waals surface area contributed by atoms with Crippen molar-refractivity contribution in [2.24, 2.45) is 0 Å². The smallest absolute Gasteiger partial charge is 0.341 e. The van der Waals surface area contributed by atoms with Crippen LogP contribution in [0.2, 0.25) is 0 Å². The summed E-state index contributed by atoms with van der Waals surface area (Å²) in [5.41, 5.74) is 2.78. The maximum absolute atomic E-state index is 15.0. The fraction of sp³-hybridized carbons (Fsp3) is 0.273. The van der Waals surface area contributed by atoms with Gasteiger partial charge in [-0.25, -0.2) is 9.18 Å². The maximum Gasteiger partial charge on any atom is 0.341 e. The summed E-state index contributed by atoms with van der Waals surface area (Å²) in [6.07, 6.45) is 1.32. The van der Waals surface area contributed by atoms with Crippen molar-refractivity contribution in [2.45, 2.75) is 33.4 Å². The number of ether oxygens (including phenoxy) is 1. The van der Waals surface area contributed by atoms with Gasteiger partial charge in [0.05, 0.1) is 22.5 Å². The zero-order chi connectivity index (χ0) is 20.9. The van der Waals surface area contributed by atoms with E-state index in [9.17, 15) is 19.1 Å². The number of aryl methyl sites for hydroxylation is 2. The van der Waals surface area contributed by atoms with Crippen molar-refractivity contribution in [2.75, 3.05) is 11.9 Å². The minimum Gasteiger partial charge on any atom is -0.489 e. The van der Waals surface area contributed by atoms with E-state index in [0.717, 1.165) is 22.9 Å². The van der Waals surface area contributed by atoms with Crippen LogP contribution in [-0.4, -0.2) is 22.2 Å². The van der Waals surface area contributed by atoms with Gasteiger partial charge in [0.1, 0.15) is 18.0 Å². The fourth-order valence-electron chi connectivity index (χ4n) is 3.64. The van der Waals surface area contributed by atoms with Crippen molar-refractivity contribution >= 4 is 22.6 Å². The lowest BCUT2D eigenvalue weighted by Gasteiger charge is -2.28. The third-order valence-electron chi connectivity index (χ3n) is 5.47. The SMILES string of the molecule is Cc1ccc(NCc2c(F)cc3c(=O)c(C(=O)O)cn4c3c2OC[C@@H]4C)cc1C. The van der Waals surface area contributed by atoms with Crippen LogP contribution < -0.4 is 15.5 Å². The lowest BCUT2D eigenvalue weighted by molar-refractivity contribution is 0.0694. The average Bonchev–Trinajstić information content (AvgIpc) is 2.67. The molecule has 0 spiro atoms. The Hall–Kier alpha value is -3.35. The zero-order valence-corrected chi connectivity index (χ0v) is 16.4. The van der Waals surface area contributed by atoms with Gasteiger partial charge in [-0.15, -0.1) is 0 Å². The van der Waals surface area contributed by atoms with Crippen LogP contribution in [0.3, 0.4) is 0 Å². The first-order chi connectivity index (χ1) is 13.8. The van der Waals surface area contributed by atoms with E-state index in [2.05, 4.69) is 5.32 Å². The summed E-state index contributed by atoms with van der Waals surface area (Å²) < 4.78 is 22.5. The topological polar surface area (TPSA) is 80.6 Å². The first-order valence-corrected chi connectivity index (χ1v) is 9.35. The van der Waals surface area contributed by atoms with Crippen LogP contribution >= 0.6 is 0 Å². The van der Waals surface area contributed by atoms with Crippen molar-refractivity contribution < 1.29 is 19.0 Å². The molecule has 0 saturated carbocycles. The summed E-state index contributed by atoms with van der Waals surface area (Å²) in [4.78, 5) is 24.1. The summed E-state index contributed by atoms with van der Waals surface area (Å²) in [5, 5.41) is 12.6. The molecule has 1 aliphatic heterocycles. The number of nitrogens with one attached hydrogen (secondary N) is 1. The Balaban J connectivity index is 1.85. The van der Waals surface area contributed by atoms with Crippen molar-refractivity contribution in [3.05, 3.63) is 68.8 Å². The van der Waals surface area contributed by atoms with Crippen LogP contribution in [0.15, 0.2) is 35.3 Å². The lowest BCUT2D eigenvalue weighted by Crippen LogP contribution is -2.27. The molecule has 0 saturated heterocycles. The number of aromatic nitrogens is 1.